The first kappa shape index (κ1) is 19.5. The van der Waals surface area contributed by atoms with Crippen molar-refractivity contribution in [2.24, 2.45) is 5.92 Å². The van der Waals surface area contributed by atoms with Gasteiger partial charge < -0.3 is 19.0 Å². The van der Waals surface area contributed by atoms with Gasteiger partial charge in [-0.1, -0.05) is 12.1 Å². The minimum atomic E-state index is 0.0692. The van der Waals surface area contributed by atoms with Crippen LogP contribution in [0.4, 0.5) is 0 Å². The van der Waals surface area contributed by atoms with E-state index < -0.39 is 0 Å². The molecule has 1 aliphatic heterocycles. The Bertz CT molecular complexity index is 714. The van der Waals surface area contributed by atoms with Gasteiger partial charge in [0.05, 0.1) is 18.9 Å². The number of methoxy groups -OCH3 is 1. The normalized spacial score (nSPS) is 17.6. The van der Waals surface area contributed by atoms with Crippen LogP contribution in [-0.4, -0.2) is 55.5 Å². The highest BCUT2D eigenvalue weighted by Crippen LogP contribution is 2.20. The Balaban J connectivity index is 1.51. The fraction of sp³-hybridized carbons (Fsp3) is 0.500. The van der Waals surface area contributed by atoms with Crippen LogP contribution in [0.15, 0.2) is 47.3 Å². The maximum Gasteiger partial charge on any atom is 0.257 e. The minimum absolute atomic E-state index is 0.0692. The average Bonchev–Trinajstić information content (AvgIpc) is 3.25. The Morgan fingerprint density at radius 2 is 2.26 bits per heavy atom. The van der Waals surface area contributed by atoms with E-state index in [-0.39, 0.29) is 5.91 Å². The second-order valence-corrected chi connectivity index (χ2v) is 7.27. The summed E-state index contributed by atoms with van der Waals surface area (Å²) in [5, 5.41) is 0. The smallest absolute Gasteiger partial charge is 0.257 e. The summed E-state index contributed by atoms with van der Waals surface area (Å²) < 4.78 is 10.4. The molecule has 0 unspecified atom stereocenters. The third-order valence-electron chi connectivity index (χ3n) is 5.37. The van der Waals surface area contributed by atoms with Gasteiger partial charge in [-0.2, -0.15) is 0 Å². The van der Waals surface area contributed by atoms with Crippen LogP contribution in [0.5, 0.6) is 5.75 Å². The second kappa shape index (κ2) is 9.60. The molecule has 0 saturated carbocycles. The van der Waals surface area contributed by atoms with E-state index in [2.05, 4.69) is 17.0 Å². The van der Waals surface area contributed by atoms with E-state index in [4.69, 9.17) is 9.15 Å². The Kier molecular flexibility index (Phi) is 6.93. The van der Waals surface area contributed by atoms with Crippen molar-refractivity contribution in [3.63, 3.8) is 0 Å². The molecule has 2 heterocycles. The number of hydrogen-bond acceptors (Lipinski definition) is 4. The van der Waals surface area contributed by atoms with Crippen LogP contribution in [-0.2, 0) is 6.42 Å². The fourth-order valence-corrected chi connectivity index (χ4v) is 3.85. The van der Waals surface area contributed by atoms with Crippen molar-refractivity contribution in [2.45, 2.75) is 26.2 Å². The number of carbonyl (C=O) groups is 1. The molecule has 1 aromatic carbocycles. The SMILES string of the molecule is CCN(C[C@H]1CCCN(CCc2cccc(OC)c2)C1)C(=O)c1ccoc1. The van der Waals surface area contributed by atoms with Crippen LogP contribution in [0.1, 0.15) is 35.7 Å². The van der Waals surface area contributed by atoms with Gasteiger partial charge in [-0.05, 0) is 62.4 Å². The van der Waals surface area contributed by atoms with Crippen molar-refractivity contribution in [3.05, 3.63) is 54.0 Å². The summed E-state index contributed by atoms with van der Waals surface area (Å²) in [5.74, 6) is 1.51. The Morgan fingerprint density at radius 3 is 3.00 bits per heavy atom. The highest BCUT2D eigenvalue weighted by molar-refractivity contribution is 5.93. The molecule has 2 aromatic rings. The monoisotopic (exact) mass is 370 g/mol. The molecule has 3 rings (SSSR count). The van der Waals surface area contributed by atoms with E-state index in [0.29, 0.717) is 11.5 Å². The highest BCUT2D eigenvalue weighted by atomic mass is 16.5. The zero-order chi connectivity index (χ0) is 19.1. The van der Waals surface area contributed by atoms with Gasteiger partial charge >= 0.3 is 0 Å². The van der Waals surface area contributed by atoms with Gasteiger partial charge in [0.25, 0.3) is 5.91 Å². The molecule has 0 N–H and O–H groups in total. The molecule has 5 nitrogen and oxygen atoms in total. The maximum atomic E-state index is 12.6. The molecule has 0 spiro atoms. The van der Waals surface area contributed by atoms with E-state index >= 15 is 0 Å². The molecule has 146 valence electrons. The van der Waals surface area contributed by atoms with Crippen LogP contribution >= 0.6 is 0 Å². The van der Waals surface area contributed by atoms with E-state index in [1.165, 1.54) is 24.7 Å². The average molecular weight is 370 g/mol. The van der Waals surface area contributed by atoms with Crippen molar-refractivity contribution in [3.8, 4) is 5.75 Å². The van der Waals surface area contributed by atoms with Crippen LogP contribution in [0.3, 0.4) is 0 Å². The van der Waals surface area contributed by atoms with Gasteiger partial charge in [0.1, 0.15) is 12.0 Å². The summed E-state index contributed by atoms with van der Waals surface area (Å²) in [4.78, 5) is 17.1. The van der Waals surface area contributed by atoms with E-state index in [9.17, 15) is 4.79 Å². The van der Waals surface area contributed by atoms with Crippen molar-refractivity contribution < 1.29 is 13.9 Å². The van der Waals surface area contributed by atoms with E-state index in [1.807, 2.05) is 24.0 Å². The first-order chi connectivity index (χ1) is 13.2. The van der Waals surface area contributed by atoms with Gasteiger partial charge in [0, 0.05) is 26.2 Å². The van der Waals surface area contributed by atoms with Crippen molar-refractivity contribution >= 4 is 5.91 Å². The highest BCUT2D eigenvalue weighted by Gasteiger charge is 2.24. The summed E-state index contributed by atoms with van der Waals surface area (Å²) in [6.07, 6.45) is 6.49. The lowest BCUT2D eigenvalue weighted by Crippen LogP contribution is -2.43. The molecule has 1 atom stereocenters. The predicted molar refractivity (Wildman–Crippen MR) is 106 cm³/mol. The van der Waals surface area contributed by atoms with Gasteiger partial charge in [-0.3, -0.25) is 4.79 Å². The Labute approximate surface area is 161 Å². The zero-order valence-corrected chi connectivity index (χ0v) is 16.4. The third kappa shape index (κ3) is 5.36. The lowest BCUT2D eigenvalue weighted by molar-refractivity contribution is 0.0690. The zero-order valence-electron chi connectivity index (χ0n) is 16.4. The van der Waals surface area contributed by atoms with Crippen molar-refractivity contribution in [2.75, 3.05) is 39.8 Å². The van der Waals surface area contributed by atoms with Gasteiger partial charge in [-0.25, -0.2) is 0 Å². The molecular weight excluding hydrogens is 340 g/mol. The lowest BCUT2D eigenvalue weighted by Gasteiger charge is -2.35. The van der Waals surface area contributed by atoms with Crippen LogP contribution in [0.25, 0.3) is 0 Å². The number of benzene rings is 1. The molecule has 1 fully saturated rings. The van der Waals surface area contributed by atoms with Gasteiger partial charge in [0.2, 0.25) is 0 Å². The lowest BCUT2D eigenvalue weighted by atomic mass is 9.96. The third-order valence-corrected chi connectivity index (χ3v) is 5.37. The molecule has 1 aromatic heterocycles. The fourth-order valence-electron chi connectivity index (χ4n) is 3.85. The first-order valence-corrected chi connectivity index (χ1v) is 9.86. The van der Waals surface area contributed by atoms with Crippen molar-refractivity contribution in [1.29, 1.82) is 0 Å². The number of furan rings is 1. The molecule has 1 amide bonds. The molecule has 0 bridgehead atoms. The van der Waals surface area contributed by atoms with E-state index in [0.717, 1.165) is 44.9 Å². The first-order valence-electron chi connectivity index (χ1n) is 9.86. The molecule has 1 saturated heterocycles. The molecule has 27 heavy (non-hydrogen) atoms. The van der Waals surface area contributed by atoms with Crippen LogP contribution in [0.2, 0.25) is 0 Å². The Hall–Kier alpha value is -2.27. The van der Waals surface area contributed by atoms with Gasteiger partial charge in [-0.15, -0.1) is 0 Å². The number of amides is 1. The van der Waals surface area contributed by atoms with Crippen LogP contribution in [0, 0.1) is 5.92 Å². The number of carbonyl (C=O) groups excluding carboxylic acids is 1. The number of ether oxygens (including phenoxy) is 1. The maximum absolute atomic E-state index is 12.6. The van der Waals surface area contributed by atoms with E-state index in [1.54, 1.807) is 19.4 Å². The van der Waals surface area contributed by atoms with Crippen LogP contribution < -0.4 is 4.74 Å². The summed E-state index contributed by atoms with van der Waals surface area (Å²) in [6.45, 7) is 6.83. The number of rotatable bonds is 8. The second-order valence-electron chi connectivity index (χ2n) is 7.27. The number of likely N-dealkylation sites (tertiary alicyclic amines) is 1. The summed E-state index contributed by atoms with van der Waals surface area (Å²) in [5.41, 5.74) is 1.95. The largest absolute Gasteiger partial charge is 0.497 e. The number of piperidine rings is 1. The van der Waals surface area contributed by atoms with Gasteiger partial charge in [0.15, 0.2) is 0 Å². The number of nitrogens with zero attached hydrogens (tertiary/aromatic N) is 2. The standard InChI is InChI=1S/C22H30N2O3/c1-3-24(22(25)20-10-13-27-17-20)16-19-7-5-11-23(15-19)12-9-18-6-4-8-21(14-18)26-2/h4,6,8,10,13-14,17,19H,3,5,7,9,11-12,15-16H2,1-2H3/t19-/m0/s1. The summed E-state index contributed by atoms with van der Waals surface area (Å²) >= 11 is 0. The topological polar surface area (TPSA) is 45.9 Å². The summed E-state index contributed by atoms with van der Waals surface area (Å²) in [7, 11) is 1.71. The molecule has 5 heteroatoms. The number of hydrogen-bond donors (Lipinski definition) is 0. The Morgan fingerprint density at radius 1 is 1.37 bits per heavy atom. The van der Waals surface area contributed by atoms with Crippen molar-refractivity contribution in [1.82, 2.24) is 9.80 Å². The quantitative estimate of drug-likeness (QED) is 0.711. The summed E-state index contributed by atoms with van der Waals surface area (Å²) in [6, 6.07) is 10.0. The predicted octanol–water partition coefficient (Wildman–Crippen LogP) is 3.71. The molecule has 0 aliphatic carbocycles. The molecule has 0 radical (unpaired) electrons. The minimum Gasteiger partial charge on any atom is -0.497 e. The molecule has 1 aliphatic rings. The molecular formula is C22H30N2O3.